The van der Waals surface area contributed by atoms with Crippen LogP contribution in [-0.2, 0) is 13.0 Å². The second-order valence-electron chi connectivity index (χ2n) is 8.87. The third-order valence-electron chi connectivity index (χ3n) is 6.50. The van der Waals surface area contributed by atoms with Crippen molar-refractivity contribution in [3.8, 4) is 11.4 Å². The number of nitrogens with zero attached hydrogens (tertiary/aromatic N) is 3. The topological polar surface area (TPSA) is 143 Å². The molecule has 0 radical (unpaired) electrons. The minimum atomic E-state index is -0.622. The molecule has 0 fully saturated rings. The van der Waals surface area contributed by atoms with Crippen molar-refractivity contribution in [1.82, 2.24) is 30.7 Å². The standard InChI is InChI=1S/C26H23FN6O4/c1-13-9-15(3-7-19(13)27)11-28-24(34)21-10-22(30-12-29-21)25(35)31-20-8-6-16-14(2)17(4-5-18(16)20)23-32-26(36)37-33-23/h3-5,7,9-10,12,20H,6,8,11H2,1-2H3,(H,28,34)(H,31,35)(H,32,33,36)/t20-/m0/s1. The fourth-order valence-corrected chi connectivity index (χ4v) is 4.56. The monoisotopic (exact) mass is 502 g/mol. The Morgan fingerprint density at radius 3 is 2.62 bits per heavy atom. The van der Waals surface area contributed by atoms with Gasteiger partial charge in [-0.1, -0.05) is 29.4 Å². The van der Waals surface area contributed by atoms with Gasteiger partial charge in [0.2, 0.25) is 0 Å². The van der Waals surface area contributed by atoms with Crippen LogP contribution in [0.3, 0.4) is 0 Å². The molecule has 4 aromatic rings. The molecule has 2 aromatic heterocycles. The molecule has 2 amide bonds. The lowest BCUT2D eigenvalue weighted by molar-refractivity contribution is 0.0931. The van der Waals surface area contributed by atoms with Crippen LogP contribution < -0.4 is 16.4 Å². The summed E-state index contributed by atoms with van der Waals surface area (Å²) in [6, 6.07) is 9.44. The number of carbonyl (C=O) groups excluding carboxylic acids is 2. The lowest BCUT2D eigenvalue weighted by atomic mass is 9.97. The smallest absolute Gasteiger partial charge is 0.347 e. The second-order valence-corrected chi connectivity index (χ2v) is 8.87. The highest BCUT2D eigenvalue weighted by Gasteiger charge is 2.28. The maximum atomic E-state index is 13.5. The highest BCUT2D eigenvalue weighted by atomic mass is 19.1. The molecule has 2 aromatic carbocycles. The Morgan fingerprint density at radius 2 is 1.89 bits per heavy atom. The van der Waals surface area contributed by atoms with Crippen LogP contribution in [0.1, 0.15) is 61.3 Å². The summed E-state index contributed by atoms with van der Waals surface area (Å²) in [6.45, 7) is 3.78. The number of rotatable bonds is 6. The summed E-state index contributed by atoms with van der Waals surface area (Å²) in [5.74, 6) is -1.47. The van der Waals surface area contributed by atoms with Crippen molar-refractivity contribution in [2.75, 3.05) is 0 Å². The van der Waals surface area contributed by atoms with Gasteiger partial charge in [0.15, 0.2) is 5.82 Å². The minimum absolute atomic E-state index is 0.0490. The van der Waals surface area contributed by atoms with Crippen LogP contribution in [-0.4, -0.2) is 31.9 Å². The van der Waals surface area contributed by atoms with Gasteiger partial charge in [-0.25, -0.2) is 19.2 Å². The van der Waals surface area contributed by atoms with Gasteiger partial charge in [-0.05, 0) is 60.6 Å². The van der Waals surface area contributed by atoms with E-state index in [4.69, 9.17) is 0 Å². The zero-order valence-corrected chi connectivity index (χ0v) is 20.1. The average molecular weight is 503 g/mol. The largest absolute Gasteiger partial charge is 0.439 e. The summed E-state index contributed by atoms with van der Waals surface area (Å²) in [7, 11) is 0. The van der Waals surface area contributed by atoms with Crippen LogP contribution in [0.25, 0.3) is 11.4 Å². The number of H-pyrrole nitrogens is 1. The van der Waals surface area contributed by atoms with E-state index < -0.39 is 17.6 Å². The Labute approximate surface area is 210 Å². The molecular formula is C26H23FN6O4. The molecule has 188 valence electrons. The lowest BCUT2D eigenvalue weighted by Gasteiger charge is -2.15. The molecule has 37 heavy (non-hydrogen) atoms. The Hall–Kier alpha value is -4.67. The molecule has 5 rings (SSSR count). The Morgan fingerprint density at radius 1 is 1.11 bits per heavy atom. The fraction of sp³-hybridized carbons (Fsp3) is 0.231. The van der Waals surface area contributed by atoms with Crippen LogP contribution in [0, 0.1) is 19.7 Å². The normalized spacial score (nSPS) is 14.3. The van der Waals surface area contributed by atoms with E-state index in [0.717, 1.165) is 34.2 Å². The van der Waals surface area contributed by atoms with E-state index in [-0.39, 0.29) is 29.8 Å². The van der Waals surface area contributed by atoms with E-state index in [2.05, 4.69) is 35.3 Å². The van der Waals surface area contributed by atoms with Crippen LogP contribution in [0.2, 0.25) is 0 Å². The first-order valence-electron chi connectivity index (χ1n) is 11.6. The van der Waals surface area contributed by atoms with Gasteiger partial charge in [0.25, 0.3) is 11.8 Å². The first-order chi connectivity index (χ1) is 17.8. The van der Waals surface area contributed by atoms with Crippen molar-refractivity contribution < 1.29 is 18.5 Å². The Bertz CT molecular complexity index is 1580. The van der Waals surface area contributed by atoms with E-state index in [1.165, 1.54) is 18.5 Å². The molecule has 3 N–H and O–H groups in total. The molecule has 0 unspecified atom stereocenters. The Balaban J connectivity index is 1.27. The van der Waals surface area contributed by atoms with E-state index in [0.29, 0.717) is 17.8 Å². The zero-order valence-electron chi connectivity index (χ0n) is 20.1. The molecule has 0 saturated carbocycles. The van der Waals surface area contributed by atoms with Crippen molar-refractivity contribution in [2.45, 2.75) is 39.3 Å². The van der Waals surface area contributed by atoms with Gasteiger partial charge >= 0.3 is 5.76 Å². The molecule has 11 heteroatoms. The van der Waals surface area contributed by atoms with Gasteiger partial charge in [-0.15, -0.1) is 0 Å². The number of halogens is 1. The third-order valence-corrected chi connectivity index (χ3v) is 6.50. The van der Waals surface area contributed by atoms with E-state index >= 15 is 0 Å². The molecule has 0 aliphatic heterocycles. The van der Waals surface area contributed by atoms with Crippen molar-refractivity contribution in [2.24, 2.45) is 0 Å². The maximum absolute atomic E-state index is 13.5. The van der Waals surface area contributed by atoms with Gasteiger partial charge in [0.1, 0.15) is 23.5 Å². The molecule has 0 saturated heterocycles. The van der Waals surface area contributed by atoms with Crippen molar-refractivity contribution in [3.63, 3.8) is 0 Å². The predicted molar refractivity (Wildman–Crippen MR) is 130 cm³/mol. The molecule has 1 aliphatic rings. The second kappa shape index (κ2) is 9.76. The quantitative estimate of drug-likeness (QED) is 0.368. The van der Waals surface area contributed by atoms with Crippen LogP contribution in [0.4, 0.5) is 4.39 Å². The van der Waals surface area contributed by atoms with E-state index in [1.807, 2.05) is 19.1 Å². The van der Waals surface area contributed by atoms with Crippen molar-refractivity contribution >= 4 is 11.8 Å². The number of aromatic nitrogens is 4. The molecule has 1 atom stereocenters. The summed E-state index contributed by atoms with van der Waals surface area (Å²) in [4.78, 5) is 47.5. The zero-order chi connectivity index (χ0) is 26.1. The van der Waals surface area contributed by atoms with Gasteiger partial charge in [-0.2, -0.15) is 0 Å². The summed E-state index contributed by atoms with van der Waals surface area (Å²) in [5.41, 5.74) is 5.11. The fourth-order valence-electron chi connectivity index (χ4n) is 4.56. The number of hydrogen-bond acceptors (Lipinski definition) is 7. The van der Waals surface area contributed by atoms with Gasteiger partial charge in [-0.3, -0.25) is 19.1 Å². The number of carbonyl (C=O) groups is 2. The van der Waals surface area contributed by atoms with Crippen LogP contribution in [0.15, 0.2) is 52.0 Å². The SMILES string of the molecule is Cc1cc(CNC(=O)c2cc(C(=O)N[C@H]3CCc4c3ccc(-c3noc(=O)[nH]3)c4C)ncn2)ccc1F. The number of fused-ring (bicyclic) bond motifs is 1. The molecule has 0 bridgehead atoms. The lowest BCUT2D eigenvalue weighted by Crippen LogP contribution is -2.29. The summed E-state index contributed by atoms with van der Waals surface area (Å²) < 4.78 is 18.1. The maximum Gasteiger partial charge on any atom is 0.439 e. The third kappa shape index (κ3) is 4.88. The van der Waals surface area contributed by atoms with Crippen molar-refractivity contribution in [3.05, 3.63) is 98.3 Å². The highest BCUT2D eigenvalue weighted by molar-refractivity contribution is 5.97. The van der Waals surface area contributed by atoms with Crippen LogP contribution >= 0.6 is 0 Å². The molecule has 0 spiro atoms. The molecule has 2 heterocycles. The molecule has 10 nitrogen and oxygen atoms in total. The molecular weight excluding hydrogens is 479 g/mol. The predicted octanol–water partition coefficient (Wildman–Crippen LogP) is 2.92. The summed E-state index contributed by atoms with van der Waals surface area (Å²) >= 11 is 0. The van der Waals surface area contributed by atoms with Gasteiger partial charge in [0.05, 0.1) is 6.04 Å². The number of aryl methyl sites for hydroxylation is 1. The molecule has 1 aliphatic carbocycles. The first kappa shape index (κ1) is 24.0. The van der Waals surface area contributed by atoms with Gasteiger partial charge in [0, 0.05) is 18.2 Å². The Kier molecular flexibility index (Phi) is 6.34. The first-order valence-corrected chi connectivity index (χ1v) is 11.6. The van der Waals surface area contributed by atoms with Crippen molar-refractivity contribution in [1.29, 1.82) is 0 Å². The summed E-state index contributed by atoms with van der Waals surface area (Å²) in [6.07, 6.45) is 2.60. The number of aromatic amines is 1. The van der Waals surface area contributed by atoms with Gasteiger partial charge < -0.3 is 10.6 Å². The van der Waals surface area contributed by atoms with E-state index in [9.17, 15) is 18.8 Å². The number of nitrogens with one attached hydrogen (secondary N) is 3. The highest BCUT2D eigenvalue weighted by Crippen LogP contribution is 2.36. The summed E-state index contributed by atoms with van der Waals surface area (Å²) in [5, 5.41) is 9.48. The van der Waals surface area contributed by atoms with E-state index in [1.54, 1.807) is 19.1 Å². The average Bonchev–Trinajstić information content (AvgIpc) is 3.51. The minimum Gasteiger partial charge on any atom is -0.347 e. The van der Waals surface area contributed by atoms with Crippen LogP contribution in [0.5, 0.6) is 0 Å². The number of amides is 2. The number of benzene rings is 2. The number of hydrogen-bond donors (Lipinski definition) is 3.